The van der Waals surface area contributed by atoms with Crippen LogP contribution in [0.1, 0.15) is 0 Å². The Morgan fingerprint density at radius 3 is 1.41 bits per heavy atom. The summed E-state index contributed by atoms with van der Waals surface area (Å²) < 4.78 is 0. The molecule has 2 rings (SSSR count). The van der Waals surface area contributed by atoms with Gasteiger partial charge in [-0.25, -0.2) is 0 Å². The summed E-state index contributed by atoms with van der Waals surface area (Å²) in [7, 11) is 0. The highest BCUT2D eigenvalue weighted by molar-refractivity contribution is 5.34. The molecule has 0 aromatic rings. The number of rotatable bonds is 6. The van der Waals surface area contributed by atoms with Crippen LogP contribution in [-0.4, -0.2) is 22.9 Å². The maximum atomic E-state index is 10.1. The fourth-order valence-electron chi connectivity index (χ4n) is 1.87. The average molecular weight is 296 g/mol. The highest BCUT2D eigenvalue weighted by Gasteiger charge is 2.00. The second-order valence-electron chi connectivity index (χ2n) is 4.60. The molecule has 0 spiro atoms. The van der Waals surface area contributed by atoms with Crippen molar-refractivity contribution in [3.05, 3.63) is 94.6 Å². The first-order chi connectivity index (χ1) is 10.8. The van der Waals surface area contributed by atoms with Crippen molar-refractivity contribution >= 4 is 0 Å². The lowest BCUT2D eigenvalue weighted by Crippen LogP contribution is -2.14. The molecule has 0 saturated carbocycles. The molecule has 0 aromatic heterocycles. The summed E-state index contributed by atoms with van der Waals surface area (Å²) in [5.41, 5.74) is 1.57. The third kappa shape index (κ3) is 4.82. The van der Waals surface area contributed by atoms with E-state index in [1.807, 2.05) is 58.9 Å². The molecular formula is C16H16N4O2. The Balaban J connectivity index is 1.74. The zero-order chi connectivity index (χ0) is 15.6. The largest absolute Gasteiger partial charge is 0.350 e. The zero-order valence-corrected chi connectivity index (χ0v) is 11.9. The van der Waals surface area contributed by atoms with E-state index in [9.17, 15) is 9.81 Å². The van der Waals surface area contributed by atoms with E-state index in [1.165, 1.54) is 12.4 Å². The van der Waals surface area contributed by atoms with Crippen molar-refractivity contribution in [2.24, 2.45) is 10.4 Å². The maximum absolute atomic E-state index is 10.1. The minimum atomic E-state index is 0.746. The quantitative estimate of drug-likeness (QED) is 0.555. The Hall–Kier alpha value is -3.02. The molecule has 2 aliphatic rings. The second-order valence-corrected chi connectivity index (χ2v) is 4.60. The van der Waals surface area contributed by atoms with Gasteiger partial charge in [-0.05, 0) is 45.8 Å². The van der Waals surface area contributed by atoms with Gasteiger partial charge in [-0.2, -0.15) is 0 Å². The highest BCUT2D eigenvalue weighted by Crippen LogP contribution is 2.10. The van der Waals surface area contributed by atoms with Crippen LogP contribution in [0.5, 0.6) is 0 Å². The summed E-state index contributed by atoms with van der Waals surface area (Å²) in [6, 6.07) is 0. The van der Waals surface area contributed by atoms with Gasteiger partial charge in [-0.1, -0.05) is 12.2 Å². The monoisotopic (exact) mass is 296 g/mol. The molecule has 6 heteroatoms. The van der Waals surface area contributed by atoms with Crippen molar-refractivity contribution in [2.45, 2.75) is 0 Å². The SMILES string of the molecule is O=NC=C1C=CN(C/C=C/CN2C=CC(=CN=O)C=C2)C=C1. The molecule has 0 amide bonds. The molecule has 112 valence electrons. The lowest BCUT2D eigenvalue weighted by Gasteiger charge is -2.18. The fourth-order valence-corrected chi connectivity index (χ4v) is 1.87. The van der Waals surface area contributed by atoms with Crippen molar-refractivity contribution in [2.75, 3.05) is 13.1 Å². The van der Waals surface area contributed by atoms with E-state index in [4.69, 9.17) is 0 Å². The predicted molar refractivity (Wildman–Crippen MR) is 86.9 cm³/mol. The lowest BCUT2D eigenvalue weighted by molar-refractivity contribution is 0.545. The Bertz CT molecular complexity index is 538. The minimum Gasteiger partial charge on any atom is -0.350 e. The summed E-state index contributed by atoms with van der Waals surface area (Å²) in [6.07, 6.45) is 21.6. The molecule has 0 aromatic carbocycles. The van der Waals surface area contributed by atoms with Crippen molar-refractivity contribution in [1.29, 1.82) is 0 Å². The van der Waals surface area contributed by atoms with Crippen LogP contribution in [0.4, 0.5) is 0 Å². The van der Waals surface area contributed by atoms with Crippen LogP contribution in [0.3, 0.4) is 0 Å². The van der Waals surface area contributed by atoms with Crippen LogP contribution in [0.25, 0.3) is 0 Å². The average Bonchev–Trinajstić information content (AvgIpc) is 2.55. The van der Waals surface area contributed by atoms with Crippen LogP contribution in [0, 0.1) is 9.81 Å². The molecule has 0 fully saturated rings. The summed E-state index contributed by atoms with van der Waals surface area (Å²) in [5.74, 6) is 0. The van der Waals surface area contributed by atoms with Crippen LogP contribution in [0.15, 0.2) is 95.2 Å². The molecule has 0 bridgehead atoms. The number of nitroso groups, excluding NO2 is 2. The van der Waals surface area contributed by atoms with Gasteiger partial charge in [-0.15, -0.1) is 9.81 Å². The van der Waals surface area contributed by atoms with Crippen LogP contribution >= 0.6 is 0 Å². The van der Waals surface area contributed by atoms with Crippen molar-refractivity contribution < 1.29 is 0 Å². The van der Waals surface area contributed by atoms with Gasteiger partial charge in [0.2, 0.25) is 0 Å². The molecule has 0 N–H and O–H groups in total. The molecule has 0 radical (unpaired) electrons. The van der Waals surface area contributed by atoms with E-state index in [1.54, 1.807) is 0 Å². The number of nitrogens with zero attached hydrogens (tertiary/aromatic N) is 4. The minimum absolute atomic E-state index is 0.746. The number of hydrogen-bond acceptors (Lipinski definition) is 6. The summed E-state index contributed by atoms with van der Waals surface area (Å²) >= 11 is 0. The molecular weight excluding hydrogens is 280 g/mol. The van der Waals surface area contributed by atoms with Crippen molar-refractivity contribution in [1.82, 2.24) is 9.80 Å². The third-order valence-corrected chi connectivity index (χ3v) is 3.04. The van der Waals surface area contributed by atoms with Crippen LogP contribution < -0.4 is 0 Å². The third-order valence-electron chi connectivity index (χ3n) is 3.04. The van der Waals surface area contributed by atoms with Crippen molar-refractivity contribution in [3.8, 4) is 0 Å². The number of hydrogen-bond donors (Lipinski definition) is 0. The van der Waals surface area contributed by atoms with Gasteiger partial charge in [0.15, 0.2) is 0 Å². The molecule has 0 aliphatic carbocycles. The standard InChI is InChI=1S/C16H16N4O2/c21-17-13-15-3-9-19(10-4-15)7-1-2-8-20-11-5-16(6-12-20)14-18-22/h1-6,9-14H,7-8H2/b2-1+. The van der Waals surface area contributed by atoms with Gasteiger partial charge in [-0.3, -0.25) is 0 Å². The van der Waals surface area contributed by atoms with E-state index in [0.717, 1.165) is 24.2 Å². The van der Waals surface area contributed by atoms with E-state index in [-0.39, 0.29) is 0 Å². The predicted octanol–water partition coefficient (Wildman–Crippen LogP) is 3.53. The summed E-state index contributed by atoms with van der Waals surface area (Å²) in [6.45, 7) is 1.49. The zero-order valence-electron chi connectivity index (χ0n) is 11.9. The van der Waals surface area contributed by atoms with Gasteiger partial charge in [0.25, 0.3) is 0 Å². The molecule has 2 heterocycles. The Morgan fingerprint density at radius 1 is 0.727 bits per heavy atom. The number of allylic oxidation sites excluding steroid dienone is 6. The first-order valence-electron chi connectivity index (χ1n) is 6.76. The van der Waals surface area contributed by atoms with Gasteiger partial charge in [0, 0.05) is 37.9 Å². The fraction of sp³-hybridized carbons (Fsp3) is 0.125. The molecule has 0 saturated heterocycles. The second kappa shape index (κ2) is 8.31. The van der Waals surface area contributed by atoms with E-state index < -0.39 is 0 Å². The van der Waals surface area contributed by atoms with Gasteiger partial charge < -0.3 is 9.80 Å². The Morgan fingerprint density at radius 2 is 1.09 bits per heavy atom. The maximum Gasteiger partial charge on any atom is 0.0788 e. The molecule has 0 unspecified atom stereocenters. The van der Waals surface area contributed by atoms with Crippen LogP contribution in [0.2, 0.25) is 0 Å². The lowest BCUT2D eigenvalue weighted by atomic mass is 10.2. The highest BCUT2D eigenvalue weighted by atomic mass is 16.3. The van der Waals surface area contributed by atoms with Gasteiger partial charge in [0.1, 0.15) is 0 Å². The first-order valence-corrected chi connectivity index (χ1v) is 6.76. The Labute approximate surface area is 128 Å². The Kier molecular flexibility index (Phi) is 5.80. The van der Waals surface area contributed by atoms with Crippen LogP contribution in [-0.2, 0) is 0 Å². The van der Waals surface area contributed by atoms with Gasteiger partial charge >= 0.3 is 0 Å². The summed E-state index contributed by atoms with van der Waals surface area (Å²) in [4.78, 5) is 24.2. The topological polar surface area (TPSA) is 65.3 Å². The first kappa shape index (κ1) is 15.4. The van der Waals surface area contributed by atoms with E-state index in [2.05, 4.69) is 22.5 Å². The molecule has 6 nitrogen and oxygen atoms in total. The van der Waals surface area contributed by atoms with E-state index in [0.29, 0.717) is 0 Å². The normalized spacial score (nSPS) is 16.5. The molecule has 22 heavy (non-hydrogen) atoms. The van der Waals surface area contributed by atoms with E-state index >= 15 is 0 Å². The smallest absolute Gasteiger partial charge is 0.0788 e. The molecule has 2 aliphatic heterocycles. The summed E-state index contributed by atoms with van der Waals surface area (Å²) in [5, 5.41) is 5.47. The van der Waals surface area contributed by atoms with Crippen molar-refractivity contribution in [3.63, 3.8) is 0 Å². The van der Waals surface area contributed by atoms with Gasteiger partial charge in [0.05, 0.1) is 12.4 Å². The molecule has 0 atom stereocenters.